The fourth-order valence-electron chi connectivity index (χ4n) is 2.29. The van der Waals surface area contributed by atoms with Crippen molar-refractivity contribution in [2.75, 3.05) is 20.3 Å². The Morgan fingerprint density at radius 3 is 2.52 bits per heavy atom. The smallest absolute Gasteiger partial charge is 0.345 e. The lowest BCUT2D eigenvalue weighted by Crippen LogP contribution is -2.25. The zero-order valence-electron chi connectivity index (χ0n) is 12.4. The minimum atomic E-state index is -1.02. The Balaban J connectivity index is 1.71. The van der Waals surface area contributed by atoms with Crippen LogP contribution in [0.25, 0.3) is 0 Å². The zero-order valence-corrected chi connectivity index (χ0v) is 13.3. The monoisotopic (exact) mass is 333 g/mol. The highest BCUT2D eigenvalue weighted by Crippen LogP contribution is 2.31. The maximum Gasteiger partial charge on any atom is 0.345 e. The predicted molar refractivity (Wildman–Crippen MR) is 84.5 cm³/mol. The molecule has 2 aromatic rings. The van der Waals surface area contributed by atoms with Crippen LogP contribution in [-0.4, -0.2) is 42.1 Å². The average Bonchev–Trinajstić information content (AvgIpc) is 3.04. The fraction of sp³-hybridized carbons (Fsp3) is 0.250. The van der Waals surface area contributed by atoms with Gasteiger partial charge in [-0.15, -0.1) is 11.3 Å². The first-order valence-corrected chi connectivity index (χ1v) is 7.83. The number of carbonyl (C=O) groups excluding carboxylic acids is 1. The zero-order chi connectivity index (χ0) is 16.4. The van der Waals surface area contributed by atoms with Crippen molar-refractivity contribution in [1.82, 2.24) is 4.90 Å². The number of nitrogens with zero attached hydrogens (tertiary/aromatic N) is 1. The van der Waals surface area contributed by atoms with Gasteiger partial charge in [-0.2, -0.15) is 0 Å². The Morgan fingerprint density at radius 1 is 1.13 bits per heavy atom. The van der Waals surface area contributed by atoms with Crippen molar-refractivity contribution in [2.24, 2.45) is 0 Å². The van der Waals surface area contributed by atoms with Gasteiger partial charge in [-0.3, -0.25) is 4.79 Å². The van der Waals surface area contributed by atoms with Gasteiger partial charge in [-0.25, -0.2) is 4.79 Å². The van der Waals surface area contributed by atoms with Gasteiger partial charge in [-0.1, -0.05) is 6.07 Å². The van der Waals surface area contributed by atoms with Crippen molar-refractivity contribution in [3.8, 4) is 11.5 Å². The van der Waals surface area contributed by atoms with Gasteiger partial charge in [0.1, 0.15) is 18.1 Å². The SMILES string of the molecule is CN(Cc1ccc2c(c1)OCCO2)C(=O)c1ccc(C(=O)O)s1. The van der Waals surface area contributed by atoms with Gasteiger partial charge in [-0.05, 0) is 29.8 Å². The Morgan fingerprint density at radius 2 is 1.83 bits per heavy atom. The van der Waals surface area contributed by atoms with Crippen molar-refractivity contribution >= 4 is 23.2 Å². The number of ether oxygens (including phenoxy) is 2. The fourth-order valence-corrected chi connectivity index (χ4v) is 3.13. The number of aromatic carboxylic acids is 1. The molecule has 2 heterocycles. The Bertz CT molecular complexity index is 755. The lowest BCUT2D eigenvalue weighted by atomic mass is 10.2. The first-order chi connectivity index (χ1) is 11.0. The van der Waals surface area contributed by atoms with Crippen molar-refractivity contribution < 1.29 is 24.2 Å². The molecule has 0 radical (unpaired) electrons. The summed E-state index contributed by atoms with van der Waals surface area (Å²) in [5, 5.41) is 8.93. The van der Waals surface area contributed by atoms with Crippen molar-refractivity contribution in [3.05, 3.63) is 45.6 Å². The van der Waals surface area contributed by atoms with E-state index in [1.807, 2.05) is 18.2 Å². The molecule has 0 saturated heterocycles. The summed E-state index contributed by atoms with van der Waals surface area (Å²) in [5.74, 6) is 0.151. The normalized spacial score (nSPS) is 12.7. The molecule has 1 aromatic carbocycles. The Kier molecular flexibility index (Phi) is 4.20. The third kappa shape index (κ3) is 3.29. The molecule has 1 aliphatic rings. The van der Waals surface area contributed by atoms with E-state index >= 15 is 0 Å². The van der Waals surface area contributed by atoms with Gasteiger partial charge in [0.25, 0.3) is 5.91 Å². The van der Waals surface area contributed by atoms with Crippen LogP contribution in [0.5, 0.6) is 11.5 Å². The second-order valence-corrected chi connectivity index (χ2v) is 6.19. The van der Waals surface area contributed by atoms with Crippen LogP contribution in [0.3, 0.4) is 0 Å². The summed E-state index contributed by atoms with van der Waals surface area (Å²) in [6.45, 7) is 1.45. The first kappa shape index (κ1) is 15.4. The molecule has 0 atom stereocenters. The van der Waals surface area contributed by atoms with Crippen LogP contribution in [0.2, 0.25) is 0 Å². The lowest BCUT2D eigenvalue weighted by molar-refractivity contribution is 0.0701. The standard InChI is InChI=1S/C16H15NO5S/c1-17(15(18)13-4-5-14(23-13)16(19)20)9-10-2-3-11-12(8-10)22-7-6-21-11/h2-5,8H,6-7,9H2,1H3,(H,19,20). The first-order valence-electron chi connectivity index (χ1n) is 7.02. The summed E-state index contributed by atoms with van der Waals surface area (Å²) in [7, 11) is 1.68. The molecule has 1 N–H and O–H groups in total. The molecule has 3 rings (SSSR count). The van der Waals surface area contributed by atoms with Gasteiger partial charge in [0.15, 0.2) is 11.5 Å². The van der Waals surface area contributed by atoms with Crippen molar-refractivity contribution in [2.45, 2.75) is 6.54 Å². The molecule has 0 aliphatic carbocycles. The molecule has 1 amide bonds. The lowest BCUT2D eigenvalue weighted by Gasteiger charge is -2.21. The highest BCUT2D eigenvalue weighted by molar-refractivity contribution is 7.15. The molecule has 23 heavy (non-hydrogen) atoms. The number of amides is 1. The maximum atomic E-state index is 12.4. The number of hydrogen-bond acceptors (Lipinski definition) is 5. The molecule has 1 aliphatic heterocycles. The number of benzene rings is 1. The summed E-state index contributed by atoms with van der Waals surface area (Å²) < 4.78 is 11.0. The van der Waals surface area contributed by atoms with Crippen LogP contribution in [0, 0.1) is 0 Å². The van der Waals surface area contributed by atoms with E-state index in [0.29, 0.717) is 36.1 Å². The molecule has 7 heteroatoms. The molecule has 1 aromatic heterocycles. The largest absolute Gasteiger partial charge is 0.486 e. The van der Waals surface area contributed by atoms with Crippen LogP contribution in [0.15, 0.2) is 30.3 Å². The maximum absolute atomic E-state index is 12.4. The van der Waals surface area contributed by atoms with E-state index in [4.69, 9.17) is 14.6 Å². The number of carboxylic acids is 1. The van der Waals surface area contributed by atoms with Crippen LogP contribution < -0.4 is 9.47 Å². The second-order valence-electron chi connectivity index (χ2n) is 5.11. The Hall–Kier alpha value is -2.54. The Labute approximate surface area is 136 Å². The van der Waals surface area contributed by atoms with E-state index in [0.717, 1.165) is 16.9 Å². The van der Waals surface area contributed by atoms with Crippen molar-refractivity contribution in [1.29, 1.82) is 0 Å². The minimum Gasteiger partial charge on any atom is -0.486 e. The van der Waals surface area contributed by atoms with E-state index in [-0.39, 0.29) is 10.8 Å². The molecule has 0 fully saturated rings. The van der Waals surface area contributed by atoms with Gasteiger partial charge in [0.05, 0.1) is 4.88 Å². The molecule has 6 nitrogen and oxygen atoms in total. The number of carboxylic acid groups (broad SMARTS) is 1. The summed E-state index contributed by atoms with van der Waals surface area (Å²) in [5.41, 5.74) is 0.917. The molecular formula is C16H15NO5S. The van der Waals surface area contributed by atoms with Crippen LogP contribution >= 0.6 is 11.3 Å². The van der Waals surface area contributed by atoms with Crippen molar-refractivity contribution in [3.63, 3.8) is 0 Å². The predicted octanol–water partition coefficient (Wildman–Crippen LogP) is 2.49. The molecule has 0 saturated carbocycles. The van der Waals surface area contributed by atoms with Gasteiger partial charge < -0.3 is 19.5 Å². The summed E-state index contributed by atoms with van der Waals surface area (Å²) in [4.78, 5) is 25.4. The highest BCUT2D eigenvalue weighted by Gasteiger charge is 2.18. The molecule has 0 bridgehead atoms. The molecule has 0 spiro atoms. The third-order valence-electron chi connectivity index (χ3n) is 3.40. The van der Waals surface area contributed by atoms with Crippen LogP contribution in [0.4, 0.5) is 0 Å². The second kappa shape index (κ2) is 6.29. The van der Waals surface area contributed by atoms with Gasteiger partial charge >= 0.3 is 5.97 Å². The van der Waals surface area contributed by atoms with E-state index < -0.39 is 5.97 Å². The summed E-state index contributed by atoms with van der Waals surface area (Å²) in [6, 6.07) is 8.55. The average molecular weight is 333 g/mol. The topological polar surface area (TPSA) is 76.1 Å². The van der Waals surface area contributed by atoms with Crippen LogP contribution in [0.1, 0.15) is 24.9 Å². The number of carbonyl (C=O) groups is 2. The quantitative estimate of drug-likeness (QED) is 0.930. The van der Waals surface area contributed by atoms with Gasteiger partial charge in [0, 0.05) is 13.6 Å². The number of hydrogen-bond donors (Lipinski definition) is 1. The van der Waals surface area contributed by atoms with E-state index in [9.17, 15) is 9.59 Å². The molecule has 120 valence electrons. The number of thiophene rings is 1. The number of rotatable bonds is 4. The van der Waals surface area contributed by atoms with E-state index in [1.165, 1.54) is 12.1 Å². The van der Waals surface area contributed by atoms with Crippen LogP contribution in [-0.2, 0) is 6.54 Å². The highest BCUT2D eigenvalue weighted by atomic mass is 32.1. The molecular weight excluding hydrogens is 318 g/mol. The summed E-state index contributed by atoms with van der Waals surface area (Å²) in [6.07, 6.45) is 0. The molecule has 0 unspecified atom stereocenters. The minimum absolute atomic E-state index is 0.154. The van der Waals surface area contributed by atoms with Gasteiger partial charge in [0.2, 0.25) is 0 Å². The third-order valence-corrected chi connectivity index (χ3v) is 4.46. The number of fused-ring (bicyclic) bond motifs is 1. The van der Waals surface area contributed by atoms with E-state index in [1.54, 1.807) is 11.9 Å². The van der Waals surface area contributed by atoms with E-state index in [2.05, 4.69) is 0 Å². The summed E-state index contributed by atoms with van der Waals surface area (Å²) >= 11 is 0.975.